The van der Waals surface area contributed by atoms with Crippen LogP contribution in [-0.4, -0.2) is 31.1 Å². The van der Waals surface area contributed by atoms with Gasteiger partial charge in [-0.05, 0) is 12.8 Å². The second-order valence-corrected chi connectivity index (χ2v) is 16.1. The molecule has 6 nitrogen and oxygen atoms in total. The van der Waals surface area contributed by atoms with Crippen molar-refractivity contribution in [2.24, 2.45) is 0 Å². The number of unbranched alkanes of at least 4 members (excludes halogenated alkanes) is 9. The SMILES string of the molecule is CCCCCCCCCCCC[P+](C)(C)CC(P(=O)([O-])[O-])P(=O)([O-])[O-]. The summed E-state index contributed by atoms with van der Waals surface area (Å²) in [4.78, 5) is 44.5. The van der Waals surface area contributed by atoms with Gasteiger partial charge in [-0.25, -0.2) is 0 Å². The Labute approximate surface area is 153 Å². The zero-order valence-corrected chi connectivity index (χ0v) is 18.5. The second kappa shape index (κ2) is 12.2. The monoisotopic (exact) mass is 415 g/mol. The molecule has 0 aromatic carbocycles. The Kier molecular flexibility index (Phi) is 12.6. The Morgan fingerprint density at radius 3 is 1.44 bits per heavy atom. The first kappa shape index (κ1) is 25.7. The molecule has 0 amide bonds. The second-order valence-electron chi connectivity index (χ2n) is 7.58. The van der Waals surface area contributed by atoms with Crippen LogP contribution >= 0.6 is 22.5 Å². The van der Waals surface area contributed by atoms with Gasteiger partial charge in [0.05, 0.1) is 12.3 Å². The average Bonchev–Trinajstić information content (AvgIpc) is 2.44. The van der Waals surface area contributed by atoms with Gasteiger partial charge in [-0.2, -0.15) is 0 Å². The normalized spacial score (nSPS) is 13.6. The first-order chi connectivity index (χ1) is 11.4. The number of rotatable bonds is 15. The fourth-order valence-corrected chi connectivity index (χ4v) is 10.7. The van der Waals surface area contributed by atoms with Gasteiger partial charge in [-0.3, -0.25) is 0 Å². The van der Waals surface area contributed by atoms with Crippen molar-refractivity contribution in [2.45, 2.75) is 76.5 Å². The van der Waals surface area contributed by atoms with Gasteiger partial charge in [0.1, 0.15) is 0 Å². The summed E-state index contributed by atoms with van der Waals surface area (Å²) >= 11 is 0. The van der Waals surface area contributed by atoms with Crippen LogP contribution in [0.4, 0.5) is 0 Å². The van der Waals surface area contributed by atoms with E-state index in [1.165, 1.54) is 44.9 Å². The van der Waals surface area contributed by atoms with E-state index in [2.05, 4.69) is 6.92 Å². The smallest absolute Gasteiger partial charge is 0.0709 e. The van der Waals surface area contributed by atoms with Crippen molar-refractivity contribution in [2.75, 3.05) is 25.7 Å². The molecule has 0 unspecified atom stereocenters. The highest BCUT2D eigenvalue weighted by molar-refractivity contribution is 7.77. The number of hydrogen-bond acceptors (Lipinski definition) is 6. The van der Waals surface area contributed by atoms with Crippen LogP contribution in [0.1, 0.15) is 71.1 Å². The van der Waals surface area contributed by atoms with Crippen LogP contribution in [0.15, 0.2) is 0 Å². The van der Waals surface area contributed by atoms with Gasteiger partial charge in [-0.15, -0.1) is 0 Å². The zero-order chi connectivity index (χ0) is 19.6. The van der Waals surface area contributed by atoms with Gasteiger partial charge in [0.15, 0.2) is 0 Å². The summed E-state index contributed by atoms with van der Waals surface area (Å²) in [6.07, 6.45) is 12.3. The molecule has 9 heteroatoms. The summed E-state index contributed by atoms with van der Waals surface area (Å²) < 4.78 is 22.2. The highest BCUT2D eigenvalue weighted by Crippen LogP contribution is 2.61. The molecule has 0 aliphatic carbocycles. The van der Waals surface area contributed by atoms with Crippen molar-refractivity contribution in [3.63, 3.8) is 0 Å². The molecule has 25 heavy (non-hydrogen) atoms. The molecule has 0 saturated heterocycles. The molecule has 0 fully saturated rings. The summed E-state index contributed by atoms with van der Waals surface area (Å²) in [5, 5.41) is -2.29. The van der Waals surface area contributed by atoms with Crippen molar-refractivity contribution < 1.29 is 28.7 Å². The van der Waals surface area contributed by atoms with Gasteiger partial charge >= 0.3 is 0 Å². The predicted molar refractivity (Wildman–Crippen MR) is 99.3 cm³/mol. The Bertz CT molecular complexity index is 421. The summed E-state index contributed by atoms with van der Waals surface area (Å²) in [6, 6.07) is 0. The fourth-order valence-electron chi connectivity index (χ4n) is 2.93. The molecule has 0 radical (unpaired) electrons. The van der Waals surface area contributed by atoms with Crippen molar-refractivity contribution in [1.29, 1.82) is 0 Å². The van der Waals surface area contributed by atoms with E-state index in [9.17, 15) is 28.7 Å². The van der Waals surface area contributed by atoms with E-state index in [4.69, 9.17) is 0 Å². The molecule has 152 valence electrons. The molecule has 0 N–H and O–H groups in total. The van der Waals surface area contributed by atoms with Crippen LogP contribution in [0, 0.1) is 0 Å². The predicted octanol–water partition coefficient (Wildman–Crippen LogP) is 2.34. The largest absolute Gasteiger partial charge is 0.810 e. The van der Waals surface area contributed by atoms with Crippen molar-refractivity contribution in [3.8, 4) is 0 Å². The molecule has 0 aliphatic rings. The van der Waals surface area contributed by atoms with Crippen molar-refractivity contribution in [1.82, 2.24) is 0 Å². The molecular formula is C16H34O6P3-3. The Morgan fingerprint density at radius 1 is 0.720 bits per heavy atom. The van der Waals surface area contributed by atoms with Gasteiger partial charge in [-0.1, -0.05) is 73.5 Å². The number of hydrogen-bond donors (Lipinski definition) is 0. The fraction of sp³-hybridized carbons (Fsp3) is 1.00. The maximum atomic E-state index is 11.1. The van der Waals surface area contributed by atoms with Crippen LogP contribution < -0.4 is 19.6 Å². The lowest BCUT2D eigenvalue weighted by atomic mass is 10.1. The third kappa shape index (κ3) is 13.5. The summed E-state index contributed by atoms with van der Waals surface area (Å²) in [5.74, 6) is 0. The average molecular weight is 415 g/mol. The van der Waals surface area contributed by atoms with Gasteiger partial charge in [0.25, 0.3) is 0 Å². The summed E-state index contributed by atoms with van der Waals surface area (Å²) in [7, 11) is -12.7. The minimum atomic E-state index is -5.42. The van der Waals surface area contributed by atoms with E-state index in [0.29, 0.717) is 6.16 Å². The van der Waals surface area contributed by atoms with E-state index in [1.54, 1.807) is 0 Å². The Morgan fingerprint density at radius 2 is 1.08 bits per heavy atom. The maximum Gasteiger partial charge on any atom is 0.0709 e. The highest BCUT2D eigenvalue weighted by atomic mass is 31.2. The highest BCUT2D eigenvalue weighted by Gasteiger charge is 2.32. The van der Waals surface area contributed by atoms with Gasteiger partial charge < -0.3 is 28.7 Å². The van der Waals surface area contributed by atoms with Crippen LogP contribution in [0.3, 0.4) is 0 Å². The van der Waals surface area contributed by atoms with Crippen LogP contribution in [0.5, 0.6) is 0 Å². The van der Waals surface area contributed by atoms with E-state index in [1.807, 2.05) is 13.3 Å². The molecule has 0 rings (SSSR count). The quantitative estimate of drug-likeness (QED) is 0.298. The van der Waals surface area contributed by atoms with Gasteiger partial charge in [0.2, 0.25) is 0 Å². The molecule has 0 aromatic heterocycles. The molecule has 0 bridgehead atoms. The molecule has 0 atom stereocenters. The van der Waals surface area contributed by atoms with Crippen LogP contribution in [0.25, 0.3) is 0 Å². The topological polar surface area (TPSA) is 126 Å². The first-order valence-electron chi connectivity index (χ1n) is 9.25. The lowest BCUT2D eigenvalue weighted by Crippen LogP contribution is -2.37. The lowest BCUT2D eigenvalue weighted by Gasteiger charge is -2.49. The van der Waals surface area contributed by atoms with Crippen molar-refractivity contribution >= 4 is 22.5 Å². The molecular weight excluding hydrogens is 381 g/mol. The van der Waals surface area contributed by atoms with E-state index in [0.717, 1.165) is 19.3 Å². The standard InChI is InChI=1S/C16H37O6P3/c1-4-5-6-7-8-9-10-11-12-13-14-23(2,3)15-16(24(17,18)19)25(20,21)22/h16H,4-15H2,1-3H3,(H3-,17,18,19,20,21,22)/p-3. The van der Waals surface area contributed by atoms with E-state index >= 15 is 0 Å². The van der Waals surface area contributed by atoms with Crippen LogP contribution in [0.2, 0.25) is 0 Å². The molecule has 0 aromatic rings. The maximum absolute atomic E-state index is 11.1. The molecule has 0 saturated carbocycles. The lowest BCUT2D eigenvalue weighted by molar-refractivity contribution is -0.329. The Balaban J connectivity index is 4.04. The first-order valence-corrected chi connectivity index (χ1v) is 15.5. The summed E-state index contributed by atoms with van der Waals surface area (Å²) in [6.45, 7) is 5.84. The van der Waals surface area contributed by atoms with E-state index in [-0.39, 0.29) is 6.16 Å². The minimum absolute atomic E-state index is 0.307. The minimum Gasteiger partial charge on any atom is -0.810 e. The molecule has 0 heterocycles. The molecule has 0 spiro atoms. The zero-order valence-electron chi connectivity index (χ0n) is 15.9. The van der Waals surface area contributed by atoms with Gasteiger partial charge in [0, 0.05) is 26.0 Å². The molecule has 0 aliphatic heterocycles. The van der Waals surface area contributed by atoms with Crippen molar-refractivity contribution in [3.05, 3.63) is 0 Å². The Hall–Kier alpha value is 0.730. The van der Waals surface area contributed by atoms with E-state index < -0.39 is 27.9 Å². The van der Waals surface area contributed by atoms with Crippen LogP contribution in [-0.2, 0) is 9.13 Å². The third-order valence-electron chi connectivity index (χ3n) is 4.50. The third-order valence-corrected chi connectivity index (χ3v) is 11.5. The summed E-state index contributed by atoms with van der Waals surface area (Å²) in [5.41, 5.74) is 0.